The Bertz CT molecular complexity index is 366. The molecule has 0 radical (unpaired) electrons. The van der Waals surface area contributed by atoms with Gasteiger partial charge in [0, 0.05) is 25.6 Å². The maximum absolute atomic E-state index is 5.46. The number of ether oxygens (including phenoxy) is 1. The SMILES string of the molecule is CCOc1cc(NCCN(CC)CC)nc(CC)n1. The summed E-state index contributed by atoms with van der Waals surface area (Å²) >= 11 is 0. The van der Waals surface area contributed by atoms with Gasteiger partial charge in [0.1, 0.15) is 11.6 Å². The predicted molar refractivity (Wildman–Crippen MR) is 78.9 cm³/mol. The standard InChI is InChI=1S/C14H26N4O/c1-5-12-16-13(11-14(17-12)19-8-4)15-9-10-18(6-2)7-3/h11H,5-10H2,1-4H3,(H,15,16,17). The van der Waals surface area contributed by atoms with Crippen molar-refractivity contribution in [2.45, 2.75) is 34.1 Å². The van der Waals surface area contributed by atoms with Crippen LogP contribution in [-0.4, -0.2) is 47.7 Å². The first-order chi connectivity index (χ1) is 9.23. The van der Waals surface area contributed by atoms with Crippen LogP contribution in [0.4, 0.5) is 5.82 Å². The zero-order chi connectivity index (χ0) is 14.1. The summed E-state index contributed by atoms with van der Waals surface area (Å²) < 4.78 is 5.46. The second-order valence-electron chi connectivity index (χ2n) is 4.25. The Balaban J connectivity index is 2.58. The average Bonchev–Trinajstić information content (AvgIpc) is 2.43. The quantitative estimate of drug-likeness (QED) is 0.742. The number of hydrogen-bond acceptors (Lipinski definition) is 5. The topological polar surface area (TPSA) is 50.3 Å². The highest BCUT2D eigenvalue weighted by atomic mass is 16.5. The van der Waals surface area contributed by atoms with Gasteiger partial charge >= 0.3 is 0 Å². The summed E-state index contributed by atoms with van der Waals surface area (Å²) in [6.45, 7) is 13.0. The van der Waals surface area contributed by atoms with E-state index in [1.54, 1.807) is 0 Å². The molecule has 0 unspecified atom stereocenters. The minimum atomic E-state index is 0.624. The fraction of sp³-hybridized carbons (Fsp3) is 0.714. The van der Waals surface area contributed by atoms with Gasteiger partial charge in [-0.05, 0) is 20.0 Å². The second kappa shape index (κ2) is 8.69. The lowest BCUT2D eigenvalue weighted by Crippen LogP contribution is -2.28. The predicted octanol–water partition coefficient (Wildman–Crippen LogP) is 2.19. The lowest BCUT2D eigenvalue weighted by atomic mass is 10.4. The first-order valence-electron chi connectivity index (χ1n) is 7.20. The fourth-order valence-corrected chi connectivity index (χ4v) is 1.83. The van der Waals surface area contributed by atoms with Gasteiger partial charge in [-0.25, -0.2) is 4.98 Å². The molecule has 0 aliphatic heterocycles. The van der Waals surface area contributed by atoms with Crippen molar-refractivity contribution in [2.75, 3.05) is 38.1 Å². The number of aromatic nitrogens is 2. The number of rotatable bonds is 9. The highest BCUT2D eigenvalue weighted by Gasteiger charge is 2.04. The molecule has 1 N–H and O–H groups in total. The molecule has 0 amide bonds. The Morgan fingerprint density at radius 3 is 2.47 bits per heavy atom. The number of hydrogen-bond donors (Lipinski definition) is 1. The third kappa shape index (κ3) is 5.42. The monoisotopic (exact) mass is 266 g/mol. The van der Waals surface area contributed by atoms with Crippen molar-refractivity contribution in [3.05, 3.63) is 11.9 Å². The number of nitrogens with zero attached hydrogens (tertiary/aromatic N) is 3. The van der Waals surface area contributed by atoms with Crippen LogP contribution < -0.4 is 10.1 Å². The Morgan fingerprint density at radius 1 is 1.16 bits per heavy atom. The molecule has 1 heterocycles. The van der Waals surface area contributed by atoms with E-state index in [1.165, 1.54) is 0 Å². The smallest absolute Gasteiger partial charge is 0.218 e. The molecule has 0 bridgehead atoms. The van der Waals surface area contributed by atoms with Crippen LogP contribution >= 0.6 is 0 Å². The zero-order valence-corrected chi connectivity index (χ0v) is 12.6. The van der Waals surface area contributed by atoms with Gasteiger partial charge in [-0.15, -0.1) is 0 Å². The largest absolute Gasteiger partial charge is 0.478 e. The molecular weight excluding hydrogens is 240 g/mol. The Morgan fingerprint density at radius 2 is 1.89 bits per heavy atom. The van der Waals surface area contributed by atoms with Crippen molar-refractivity contribution < 1.29 is 4.74 Å². The zero-order valence-electron chi connectivity index (χ0n) is 12.6. The molecule has 19 heavy (non-hydrogen) atoms. The van der Waals surface area contributed by atoms with Crippen LogP contribution in [0, 0.1) is 0 Å². The van der Waals surface area contributed by atoms with Crippen LogP contribution in [0.15, 0.2) is 6.07 Å². The van der Waals surface area contributed by atoms with Crippen LogP contribution in [0.2, 0.25) is 0 Å². The van der Waals surface area contributed by atoms with Crippen molar-refractivity contribution in [1.82, 2.24) is 14.9 Å². The van der Waals surface area contributed by atoms with E-state index in [0.29, 0.717) is 12.5 Å². The summed E-state index contributed by atoms with van der Waals surface area (Å²) in [7, 11) is 0. The van der Waals surface area contributed by atoms with Gasteiger partial charge in [-0.3, -0.25) is 0 Å². The second-order valence-corrected chi connectivity index (χ2v) is 4.25. The molecule has 0 fully saturated rings. The van der Waals surface area contributed by atoms with Gasteiger partial charge in [0.2, 0.25) is 5.88 Å². The molecule has 0 atom stereocenters. The Hall–Kier alpha value is -1.36. The maximum atomic E-state index is 5.46. The van der Waals surface area contributed by atoms with Gasteiger partial charge in [0.25, 0.3) is 0 Å². The van der Waals surface area contributed by atoms with Gasteiger partial charge in [-0.2, -0.15) is 4.98 Å². The molecular formula is C14H26N4O. The number of nitrogens with one attached hydrogen (secondary N) is 1. The molecule has 1 rings (SSSR count). The van der Waals surface area contributed by atoms with Crippen LogP contribution in [0.1, 0.15) is 33.5 Å². The van der Waals surface area contributed by atoms with E-state index in [-0.39, 0.29) is 0 Å². The summed E-state index contributed by atoms with van der Waals surface area (Å²) in [4.78, 5) is 11.2. The minimum absolute atomic E-state index is 0.624. The summed E-state index contributed by atoms with van der Waals surface area (Å²) in [5.41, 5.74) is 0. The molecule has 5 nitrogen and oxygen atoms in total. The molecule has 0 aliphatic carbocycles. The third-order valence-electron chi connectivity index (χ3n) is 2.99. The van der Waals surface area contributed by atoms with Crippen molar-refractivity contribution in [2.24, 2.45) is 0 Å². The van der Waals surface area contributed by atoms with Gasteiger partial charge in [-0.1, -0.05) is 20.8 Å². The molecule has 0 saturated carbocycles. The first kappa shape index (κ1) is 15.7. The van der Waals surface area contributed by atoms with E-state index in [4.69, 9.17) is 4.74 Å². The summed E-state index contributed by atoms with van der Waals surface area (Å²) in [6.07, 6.45) is 0.811. The van der Waals surface area contributed by atoms with E-state index >= 15 is 0 Å². The maximum Gasteiger partial charge on any atom is 0.218 e. The van der Waals surface area contributed by atoms with E-state index in [9.17, 15) is 0 Å². The minimum Gasteiger partial charge on any atom is -0.478 e. The summed E-state index contributed by atoms with van der Waals surface area (Å²) in [5.74, 6) is 2.32. The van der Waals surface area contributed by atoms with Crippen molar-refractivity contribution >= 4 is 5.82 Å². The fourth-order valence-electron chi connectivity index (χ4n) is 1.83. The Labute approximate surface area is 116 Å². The summed E-state index contributed by atoms with van der Waals surface area (Å²) in [6, 6.07) is 1.87. The van der Waals surface area contributed by atoms with Gasteiger partial charge in [0.15, 0.2) is 0 Å². The lowest BCUT2D eigenvalue weighted by Gasteiger charge is -2.18. The highest BCUT2D eigenvalue weighted by Crippen LogP contribution is 2.13. The highest BCUT2D eigenvalue weighted by molar-refractivity contribution is 5.38. The lowest BCUT2D eigenvalue weighted by molar-refractivity contribution is 0.315. The molecule has 108 valence electrons. The van der Waals surface area contributed by atoms with E-state index in [2.05, 4.69) is 34.0 Å². The van der Waals surface area contributed by atoms with Crippen LogP contribution in [-0.2, 0) is 6.42 Å². The van der Waals surface area contributed by atoms with Crippen molar-refractivity contribution in [3.8, 4) is 5.88 Å². The van der Waals surface area contributed by atoms with Gasteiger partial charge < -0.3 is 15.0 Å². The average molecular weight is 266 g/mol. The molecule has 1 aromatic heterocycles. The first-order valence-corrected chi connectivity index (χ1v) is 7.20. The number of likely N-dealkylation sites (N-methyl/N-ethyl adjacent to an activating group) is 1. The molecule has 0 aromatic carbocycles. The molecule has 1 aromatic rings. The molecule has 5 heteroatoms. The molecule has 0 spiro atoms. The number of anilines is 1. The van der Waals surface area contributed by atoms with Crippen LogP contribution in [0.3, 0.4) is 0 Å². The van der Waals surface area contributed by atoms with Crippen molar-refractivity contribution in [3.63, 3.8) is 0 Å². The van der Waals surface area contributed by atoms with E-state index < -0.39 is 0 Å². The third-order valence-corrected chi connectivity index (χ3v) is 2.99. The van der Waals surface area contributed by atoms with Gasteiger partial charge in [0.05, 0.1) is 6.61 Å². The van der Waals surface area contributed by atoms with E-state index in [1.807, 2.05) is 19.9 Å². The molecule has 0 saturated heterocycles. The Kier molecular flexibility index (Phi) is 7.18. The molecule has 0 aliphatic rings. The number of aryl methyl sites for hydroxylation is 1. The van der Waals surface area contributed by atoms with Crippen LogP contribution in [0.5, 0.6) is 5.88 Å². The van der Waals surface area contributed by atoms with Crippen LogP contribution in [0.25, 0.3) is 0 Å². The summed E-state index contributed by atoms with van der Waals surface area (Å²) in [5, 5.41) is 3.34. The van der Waals surface area contributed by atoms with E-state index in [0.717, 1.165) is 44.2 Å². The van der Waals surface area contributed by atoms with Crippen molar-refractivity contribution in [1.29, 1.82) is 0 Å². The normalized spacial score (nSPS) is 10.8.